The van der Waals surface area contributed by atoms with Gasteiger partial charge >= 0.3 is 0 Å². The molecule has 2 unspecified atom stereocenters. The molecule has 6 heteroatoms. The highest BCUT2D eigenvalue weighted by Gasteiger charge is 2.20. The predicted molar refractivity (Wildman–Crippen MR) is 43.2 cm³/mol. The van der Waals surface area contributed by atoms with Crippen LogP contribution < -0.4 is 0 Å². The minimum Gasteiger partial charge on any atom is -0.390 e. The second-order valence-electron chi connectivity index (χ2n) is 2.41. The molecule has 0 saturated heterocycles. The molecule has 0 aromatic carbocycles. The number of aliphatic hydroxyl groups excluding tert-OH is 2. The number of rotatable bonds is 5. The van der Waals surface area contributed by atoms with Crippen LogP contribution in [0.25, 0.3) is 0 Å². The molecule has 0 aromatic heterocycles. The molecule has 12 heavy (non-hydrogen) atoms. The lowest BCUT2D eigenvalue weighted by atomic mass is 10.2. The Morgan fingerprint density at radius 1 is 1.33 bits per heavy atom. The molecular weight excluding hydrogens is 184 g/mol. The average Bonchev–Trinajstić information content (AvgIpc) is 1.84. The van der Waals surface area contributed by atoms with Gasteiger partial charge in [0.2, 0.25) is 0 Å². The van der Waals surface area contributed by atoms with Crippen molar-refractivity contribution < 1.29 is 23.2 Å². The van der Waals surface area contributed by atoms with E-state index in [0.29, 0.717) is 0 Å². The van der Waals surface area contributed by atoms with Crippen molar-refractivity contribution in [3.8, 4) is 0 Å². The van der Waals surface area contributed by atoms with E-state index >= 15 is 0 Å². The summed E-state index contributed by atoms with van der Waals surface area (Å²) < 4.78 is 28.7. The van der Waals surface area contributed by atoms with Gasteiger partial charge in [0.15, 0.2) is 0 Å². The Balaban J connectivity index is 4.03. The summed E-state index contributed by atoms with van der Waals surface area (Å²) in [6.07, 6.45) is -1.25. The van der Waals surface area contributed by atoms with Gasteiger partial charge in [-0.15, -0.1) is 6.58 Å². The van der Waals surface area contributed by atoms with E-state index in [-0.39, 0.29) is 6.42 Å². The number of hydrogen-bond acceptors (Lipinski definition) is 4. The van der Waals surface area contributed by atoms with E-state index in [4.69, 9.17) is 14.8 Å². The summed E-state index contributed by atoms with van der Waals surface area (Å²) in [5.74, 6) is -0.859. The summed E-state index contributed by atoms with van der Waals surface area (Å²) in [5, 5.41) is 17.9. The monoisotopic (exact) mass is 196 g/mol. The van der Waals surface area contributed by atoms with Gasteiger partial charge in [-0.25, -0.2) is 0 Å². The Kier molecular flexibility index (Phi) is 4.40. The Labute approximate surface area is 71.1 Å². The molecule has 2 atom stereocenters. The normalized spacial score (nSPS) is 16.9. The molecule has 0 aliphatic rings. The summed E-state index contributed by atoms with van der Waals surface area (Å²) in [6, 6.07) is 0. The van der Waals surface area contributed by atoms with Crippen LogP contribution in [0.2, 0.25) is 0 Å². The first-order valence-electron chi connectivity index (χ1n) is 3.29. The summed E-state index contributed by atoms with van der Waals surface area (Å²) >= 11 is 0. The van der Waals surface area contributed by atoms with E-state index < -0.39 is 28.1 Å². The Bertz CT molecular complexity index is 232. The first-order chi connectivity index (χ1) is 5.37. The lowest BCUT2D eigenvalue weighted by Crippen LogP contribution is -2.32. The molecule has 0 radical (unpaired) electrons. The first kappa shape index (κ1) is 11.6. The smallest absolute Gasteiger partial charge is 0.267 e. The van der Waals surface area contributed by atoms with E-state index in [1.165, 1.54) is 6.08 Å². The fourth-order valence-corrected chi connectivity index (χ4v) is 1.31. The van der Waals surface area contributed by atoms with Crippen molar-refractivity contribution in [2.45, 2.75) is 18.6 Å². The maximum absolute atomic E-state index is 10.2. The molecule has 0 bridgehead atoms. The van der Waals surface area contributed by atoms with Crippen LogP contribution in [-0.4, -0.2) is 41.1 Å². The largest absolute Gasteiger partial charge is 0.390 e. The van der Waals surface area contributed by atoms with Crippen LogP contribution in [0.15, 0.2) is 12.7 Å². The third-order valence-corrected chi connectivity index (χ3v) is 2.00. The molecule has 0 amide bonds. The maximum atomic E-state index is 10.2. The quantitative estimate of drug-likeness (QED) is 0.394. The van der Waals surface area contributed by atoms with Crippen molar-refractivity contribution in [2.75, 3.05) is 5.75 Å². The Hall–Kier alpha value is -0.430. The lowest BCUT2D eigenvalue weighted by molar-refractivity contribution is 0.0348. The Morgan fingerprint density at radius 2 is 1.83 bits per heavy atom. The molecule has 0 heterocycles. The van der Waals surface area contributed by atoms with Crippen LogP contribution in [0, 0.1) is 0 Å². The molecule has 0 aliphatic carbocycles. The fourth-order valence-electron chi connectivity index (χ4n) is 0.655. The van der Waals surface area contributed by atoms with Gasteiger partial charge in [0, 0.05) is 0 Å². The van der Waals surface area contributed by atoms with Gasteiger partial charge in [0.1, 0.15) is 5.75 Å². The summed E-state index contributed by atoms with van der Waals surface area (Å²) in [7, 11) is -4.23. The highest BCUT2D eigenvalue weighted by molar-refractivity contribution is 7.85. The minimum absolute atomic E-state index is 0.0800. The van der Waals surface area contributed by atoms with Gasteiger partial charge in [0.05, 0.1) is 12.2 Å². The van der Waals surface area contributed by atoms with E-state index in [1.807, 2.05) is 0 Å². The summed E-state index contributed by atoms with van der Waals surface area (Å²) in [5.41, 5.74) is 0. The van der Waals surface area contributed by atoms with Crippen molar-refractivity contribution in [3.05, 3.63) is 12.7 Å². The maximum Gasteiger partial charge on any atom is 0.267 e. The second kappa shape index (κ2) is 4.56. The van der Waals surface area contributed by atoms with E-state index in [1.54, 1.807) is 0 Å². The van der Waals surface area contributed by atoms with Crippen molar-refractivity contribution in [1.29, 1.82) is 0 Å². The van der Waals surface area contributed by atoms with Gasteiger partial charge in [-0.3, -0.25) is 4.55 Å². The molecule has 3 N–H and O–H groups in total. The average molecular weight is 196 g/mol. The molecular formula is C6H12O5S. The zero-order chi connectivity index (χ0) is 9.78. The summed E-state index contributed by atoms with van der Waals surface area (Å²) in [4.78, 5) is 0. The molecule has 0 spiro atoms. The topological polar surface area (TPSA) is 94.8 Å². The van der Waals surface area contributed by atoms with Gasteiger partial charge < -0.3 is 10.2 Å². The predicted octanol–water partition coefficient (Wildman–Crippen LogP) is -0.828. The van der Waals surface area contributed by atoms with Gasteiger partial charge in [-0.05, 0) is 6.42 Å². The van der Waals surface area contributed by atoms with Crippen LogP contribution in [0.1, 0.15) is 6.42 Å². The standard InChI is InChI=1S/C6H12O5S/c1-2-3-5(7)6(8)4-12(9,10)11/h2,5-8H,1,3-4H2,(H,9,10,11). The zero-order valence-corrected chi connectivity index (χ0v) is 7.24. The molecule has 0 saturated carbocycles. The van der Waals surface area contributed by atoms with Gasteiger partial charge in [0.25, 0.3) is 10.1 Å². The Morgan fingerprint density at radius 3 is 2.17 bits per heavy atom. The third kappa shape index (κ3) is 5.25. The summed E-state index contributed by atoms with van der Waals surface area (Å²) in [6.45, 7) is 3.30. The SMILES string of the molecule is C=CCC(O)C(O)CS(=O)(=O)O. The molecule has 72 valence electrons. The van der Waals surface area contributed by atoms with Crippen molar-refractivity contribution >= 4 is 10.1 Å². The van der Waals surface area contributed by atoms with Crippen LogP contribution in [0.3, 0.4) is 0 Å². The van der Waals surface area contributed by atoms with E-state index in [0.717, 1.165) is 0 Å². The highest BCUT2D eigenvalue weighted by Crippen LogP contribution is 2.01. The minimum atomic E-state index is -4.23. The fraction of sp³-hybridized carbons (Fsp3) is 0.667. The molecule has 0 aliphatic heterocycles. The molecule has 0 fully saturated rings. The van der Waals surface area contributed by atoms with E-state index in [9.17, 15) is 8.42 Å². The number of hydrogen-bond donors (Lipinski definition) is 3. The molecule has 0 aromatic rings. The lowest BCUT2D eigenvalue weighted by Gasteiger charge is -2.13. The van der Waals surface area contributed by atoms with Gasteiger partial charge in [-0.2, -0.15) is 8.42 Å². The van der Waals surface area contributed by atoms with Gasteiger partial charge in [-0.1, -0.05) is 6.08 Å². The van der Waals surface area contributed by atoms with Crippen LogP contribution in [-0.2, 0) is 10.1 Å². The van der Waals surface area contributed by atoms with Crippen molar-refractivity contribution in [2.24, 2.45) is 0 Å². The van der Waals surface area contributed by atoms with Crippen molar-refractivity contribution in [3.63, 3.8) is 0 Å². The van der Waals surface area contributed by atoms with Crippen molar-refractivity contribution in [1.82, 2.24) is 0 Å². The number of aliphatic hydroxyl groups is 2. The van der Waals surface area contributed by atoms with Crippen LogP contribution in [0.5, 0.6) is 0 Å². The first-order valence-corrected chi connectivity index (χ1v) is 4.90. The second-order valence-corrected chi connectivity index (χ2v) is 3.90. The van der Waals surface area contributed by atoms with Crippen LogP contribution >= 0.6 is 0 Å². The van der Waals surface area contributed by atoms with E-state index in [2.05, 4.69) is 6.58 Å². The van der Waals surface area contributed by atoms with Crippen LogP contribution in [0.4, 0.5) is 0 Å². The molecule has 5 nitrogen and oxygen atoms in total. The molecule has 0 rings (SSSR count). The zero-order valence-electron chi connectivity index (χ0n) is 6.42. The highest BCUT2D eigenvalue weighted by atomic mass is 32.2. The third-order valence-electron chi connectivity index (χ3n) is 1.23.